The summed E-state index contributed by atoms with van der Waals surface area (Å²) < 4.78 is 3.54. The van der Waals surface area contributed by atoms with Gasteiger partial charge in [-0.3, -0.25) is 4.79 Å². The fraction of sp³-hybridized carbons (Fsp3) is 0.318. The quantitative estimate of drug-likeness (QED) is 0.495. The van der Waals surface area contributed by atoms with Crippen LogP contribution in [0.5, 0.6) is 0 Å². The molecule has 160 valence electrons. The van der Waals surface area contributed by atoms with Crippen molar-refractivity contribution in [3.8, 4) is 5.95 Å². The molecule has 31 heavy (non-hydrogen) atoms. The molecule has 0 aliphatic heterocycles. The average Bonchev–Trinajstić information content (AvgIpc) is 3.31. The van der Waals surface area contributed by atoms with Crippen LogP contribution in [0, 0.1) is 0 Å². The number of benzene rings is 1. The summed E-state index contributed by atoms with van der Waals surface area (Å²) in [6.45, 7) is 6.37. The maximum absolute atomic E-state index is 13.1. The zero-order chi connectivity index (χ0) is 22.0. The van der Waals surface area contributed by atoms with Crippen molar-refractivity contribution in [2.75, 3.05) is 11.6 Å². The van der Waals surface area contributed by atoms with Gasteiger partial charge in [0.05, 0.1) is 22.5 Å². The largest absolute Gasteiger partial charge is 0.318 e. The molecular formula is C22H25N7OS. The third kappa shape index (κ3) is 4.46. The fourth-order valence-corrected chi connectivity index (χ4v) is 3.74. The Bertz CT molecular complexity index is 1210. The molecular weight excluding hydrogens is 410 g/mol. The van der Waals surface area contributed by atoms with Gasteiger partial charge in [-0.2, -0.15) is 21.5 Å². The van der Waals surface area contributed by atoms with Gasteiger partial charge in [0.25, 0.3) is 5.95 Å². The van der Waals surface area contributed by atoms with Crippen LogP contribution in [0.3, 0.4) is 0 Å². The van der Waals surface area contributed by atoms with E-state index in [1.807, 2.05) is 41.2 Å². The van der Waals surface area contributed by atoms with Crippen molar-refractivity contribution < 1.29 is 4.79 Å². The zero-order valence-electron chi connectivity index (χ0n) is 18.0. The number of hydrogen-bond donors (Lipinski definition) is 1. The van der Waals surface area contributed by atoms with Crippen molar-refractivity contribution >= 4 is 34.5 Å². The Kier molecular flexibility index (Phi) is 5.77. The van der Waals surface area contributed by atoms with Gasteiger partial charge < -0.3 is 9.88 Å². The van der Waals surface area contributed by atoms with Crippen molar-refractivity contribution in [1.29, 1.82) is 0 Å². The van der Waals surface area contributed by atoms with Crippen LogP contribution < -0.4 is 5.32 Å². The number of hydrogen-bond acceptors (Lipinski definition) is 6. The molecule has 0 aliphatic carbocycles. The molecule has 0 fully saturated rings. The van der Waals surface area contributed by atoms with Gasteiger partial charge >= 0.3 is 0 Å². The van der Waals surface area contributed by atoms with Crippen LogP contribution in [0.4, 0.5) is 5.82 Å². The monoisotopic (exact) mass is 435 g/mol. The standard InChI is InChI=1S/C22H25N7OS/c1-22(2,3)17-12-18(29(27-17)21-23-10-7-11-24-21)26-20(30)13-28-16-9-6-5-8-15(16)25-19(28)14-31-4/h5-12H,13-14H2,1-4H3,(H,26,30). The smallest absolute Gasteiger partial charge is 0.252 e. The van der Waals surface area contributed by atoms with Gasteiger partial charge in [0.2, 0.25) is 5.91 Å². The first-order chi connectivity index (χ1) is 14.9. The second kappa shape index (κ2) is 8.50. The number of amides is 1. The summed E-state index contributed by atoms with van der Waals surface area (Å²) in [5, 5.41) is 7.65. The molecule has 3 aromatic heterocycles. The summed E-state index contributed by atoms with van der Waals surface area (Å²) in [7, 11) is 0. The molecule has 4 aromatic rings. The Morgan fingerprint density at radius 2 is 1.87 bits per heavy atom. The lowest BCUT2D eigenvalue weighted by atomic mass is 9.92. The molecule has 1 aromatic carbocycles. The van der Waals surface area contributed by atoms with Crippen molar-refractivity contribution in [2.24, 2.45) is 0 Å². The number of para-hydroxylation sites is 2. The summed E-state index contributed by atoms with van der Waals surface area (Å²) in [5.74, 6) is 2.38. The molecule has 0 saturated carbocycles. The molecule has 0 atom stereocenters. The van der Waals surface area contributed by atoms with Crippen LogP contribution in [-0.4, -0.2) is 41.5 Å². The highest BCUT2D eigenvalue weighted by Crippen LogP contribution is 2.25. The molecule has 1 N–H and O–H groups in total. The minimum Gasteiger partial charge on any atom is -0.318 e. The number of rotatable bonds is 6. The summed E-state index contributed by atoms with van der Waals surface area (Å²) in [5.41, 5.74) is 2.48. The van der Waals surface area contributed by atoms with Crippen LogP contribution in [0.25, 0.3) is 17.0 Å². The average molecular weight is 436 g/mol. The minimum atomic E-state index is -0.189. The first-order valence-electron chi connectivity index (χ1n) is 9.97. The number of anilines is 1. The van der Waals surface area contributed by atoms with Gasteiger partial charge in [0, 0.05) is 23.9 Å². The highest BCUT2D eigenvalue weighted by atomic mass is 32.2. The first-order valence-corrected chi connectivity index (χ1v) is 11.4. The van der Waals surface area contributed by atoms with E-state index in [1.54, 1.807) is 34.9 Å². The third-order valence-electron chi connectivity index (χ3n) is 4.80. The molecule has 3 heterocycles. The number of fused-ring (bicyclic) bond motifs is 1. The van der Waals surface area contributed by atoms with Gasteiger partial charge in [-0.05, 0) is 24.5 Å². The second-order valence-corrected chi connectivity index (χ2v) is 9.08. The van der Waals surface area contributed by atoms with Crippen LogP contribution in [-0.2, 0) is 22.5 Å². The SMILES string of the molecule is CSCc1nc2ccccc2n1CC(=O)Nc1cc(C(C)(C)C)nn1-c1ncccn1. The Labute approximate surface area is 185 Å². The second-order valence-electron chi connectivity index (χ2n) is 8.21. The molecule has 0 aliphatic rings. The van der Waals surface area contributed by atoms with E-state index in [2.05, 4.69) is 46.1 Å². The van der Waals surface area contributed by atoms with E-state index in [0.29, 0.717) is 11.8 Å². The maximum atomic E-state index is 13.1. The zero-order valence-corrected chi connectivity index (χ0v) is 18.8. The predicted molar refractivity (Wildman–Crippen MR) is 123 cm³/mol. The summed E-state index contributed by atoms with van der Waals surface area (Å²) in [6.07, 6.45) is 5.33. The lowest BCUT2D eigenvalue weighted by Gasteiger charge is -2.13. The summed E-state index contributed by atoms with van der Waals surface area (Å²) >= 11 is 1.68. The van der Waals surface area contributed by atoms with E-state index in [1.165, 1.54) is 0 Å². The molecule has 0 unspecified atom stereocenters. The Hall–Kier alpha value is -3.20. The molecule has 9 heteroatoms. The number of carbonyl (C=O) groups excluding carboxylic acids is 1. The number of imidazole rings is 1. The Morgan fingerprint density at radius 1 is 1.13 bits per heavy atom. The minimum absolute atomic E-state index is 0.155. The van der Waals surface area contributed by atoms with Gasteiger partial charge in [-0.15, -0.1) is 0 Å². The molecule has 4 rings (SSSR count). The number of nitrogens with one attached hydrogen (secondary N) is 1. The molecule has 0 radical (unpaired) electrons. The highest BCUT2D eigenvalue weighted by molar-refractivity contribution is 7.97. The van der Waals surface area contributed by atoms with E-state index in [4.69, 9.17) is 0 Å². The summed E-state index contributed by atoms with van der Waals surface area (Å²) in [6, 6.07) is 11.5. The van der Waals surface area contributed by atoms with E-state index in [9.17, 15) is 4.79 Å². The van der Waals surface area contributed by atoms with Crippen LogP contribution in [0.2, 0.25) is 0 Å². The van der Waals surface area contributed by atoms with Gasteiger partial charge in [0.1, 0.15) is 18.2 Å². The van der Waals surface area contributed by atoms with Crippen molar-refractivity contribution in [1.82, 2.24) is 29.3 Å². The molecule has 0 bridgehead atoms. The first kappa shape index (κ1) is 21.0. The van der Waals surface area contributed by atoms with Crippen molar-refractivity contribution in [3.05, 3.63) is 60.3 Å². The highest BCUT2D eigenvalue weighted by Gasteiger charge is 2.23. The van der Waals surface area contributed by atoms with E-state index >= 15 is 0 Å². The van der Waals surface area contributed by atoms with Crippen molar-refractivity contribution in [3.63, 3.8) is 0 Å². The number of aromatic nitrogens is 6. The lowest BCUT2D eigenvalue weighted by molar-refractivity contribution is -0.116. The Balaban J connectivity index is 1.66. The summed E-state index contributed by atoms with van der Waals surface area (Å²) in [4.78, 5) is 26.3. The molecule has 0 saturated heterocycles. The van der Waals surface area contributed by atoms with Gasteiger partial charge in [-0.25, -0.2) is 15.0 Å². The molecule has 0 spiro atoms. The van der Waals surface area contributed by atoms with E-state index in [0.717, 1.165) is 28.3 Å². The van der Waals surface area contributed by atoms with Crippen molar-refractivity contribution in [2.45, 2.75) is 38.5 Å². The van der Waals surface area contributed by atoms with Gasteiger partial charge in [0.15, 0.2) is 0 Å². The van der Waals surface area contributed by atoms with Crippen LogP contribution in [0.15, 0.2) is 48.8 Å². The maximum Gasteiger partial charge on any atom is 0.252 e. The van der Waals surface area contributed by atoms with E-state index in [-0.39, 0.29) is 17.9 Å². The van der Waals surface area contributed by atoms with Crippen LogP contribution >= 0.6 is 11.8 Å². The van der Waals surface area contributed by atoms with Gasteiger partial charge in [-0.1, -0.05) is 32.9 Å². The molecule has 1 amide bonds. The Morgan fingerprint density at radius 3 is 2.58 bits per heavy atom. The van der Waals surface area contributed by atoms with E-state index < -0.39 is 0 Å². The fourth-order valence-electron chi connectivity index (χ4n) is 3.26. The van der Waals surface area contributed by atoms with Crippen LogP contribution in [0.1, 0.15) is 32.3 Å². The molecule has 8 nitrogen and oxygen atoms in total. The third-order valence-corrected chi connectivity index (χ3v) is 5.34. The topological polar surface area (TPSA) is 90.5 Å². The predicted octanol–water partition coefficient (Wildman–Crippen LogP) is 3.81. The lowest BCUT2D eigenvalue weighted by Crippen LogP contribution is -2.22. The normalized spacial score (nSPS) is 11.7. The number of carbonyl (C=O) groups is 1. The number of nitrogens with zero attached hydrogens (tertiary/aromatic N) is 6. The number of thioether (sulfide) groups is 1.